The first-order chi connectivity index (χ1) is 20.2. The van der Waals surface area contributed by atoms with Crippen LogP contribution in [0.15, 0.2) is 67.0 Å². The highest BCUT2D eigenvalue weighted by Crippen LogP contribution is 2.36. The van der Waals surface area contributed by atoms with Gasteiger partial charge >= 0.3 is 6.03 Å². The van der Waals surface area contributed by atoms with Crippen LogP contribution in [0.25, 0.3) is 10.9 Å². The van der Waals surface area contributed by atoms with E-state index in [1.54, 1.807) is 44.3 Å². The van der Waals surface area contributed by atoms with Crippen LogP contribution in [0, 0.1) is 5.82 Å². The molecule has 1 atom stereocenters. The number of methoxy groups -OCH3 is 2. The second kappa shape index (κ2) is 11.7. The summed E-state index contributed by atoms with van der Waals surface area (Å²) in [6, 6.07) is 10.6. The Labute approximate surface area is 240 Å². The molecule has 0 bridgehead atoms. The molecule has 5 rings (SSSR count). The van der Waals surface area contributed by atoms with Crippen molar-refractivity contribution in [2.45, 2.75) is 25.9 Å². The number of carbonyl (C=O) groups is 3. The van der Waals surface area contributed by atoms with Crippen molar-refractivity contribution in [1.82, 2.24) is 20.4 Å². The predicted octanol–water partition coefficient (Wildman–Crippen LogP) is 4.27. The highest BCUT2D eigenvalue weighted by atomic mass is 19.1. The summed E-state index contributed by atoms with van der Waals surface area (Å²) in [6.07, 6.45) is 3.01. The minimum absolute atomic E-state index is 0.135. The number of hydrazine groups is 1. The van der Waals surface area contributed by atoms with Crippen LogP contribution in [0.4, 0.5) is 20.7 Å². The van der Waals surface area contributed by atoms with E-state index < -0.39 is 35.7 Å². The van der Waals surface area contributed by atoms with Crippen molar-refractivity contribution in [3.05, 3.63) is 72.8 Å². The van der Waals surface area contributed by atoms with Crippen molar-refractivity contribution in [3.63, 3.8) is 0 Å². The third-order valence-corrected chi connectivity index (χ3v) is 6.42. The van der Waals surface area contributed by atoms with E-state index in [-0.39, 0.29) is 11.5 Å². The Morgan fingerprint density at radius 3 is 2.33 bits per heavy atom. The molecular weight excluding hydrogens is 547 g/mol. The number of nitrogens with zero attached hydrogens (tertiary/aromatic N) is 4. The smallest absolute Gasteiger partial charge is 0.346 e. The fourth-order valence-corrected chi connectivity index (χ4v) is 4.33. The number of amides is 4. The molecule has 1 aliphatic heterocycles. The maximum atomic E-state index is 13.5. The number of nitrogens with one attached hydrogen (secondary N) is 2. The van der Waals surface area contributed by atoms with E-state index in [0.717, 1.165) is 17.0 Å². The van der Waals surface area contributed by atoms with Gasteiger partial charge in [-0.05, 0) is 62.4 Å². The molecular formula is C29H27FN6O6. The Balaban J connectivity index is 1.33. The molecule has 216 valence electrons. The predicted molar refractivity (Wildman–Crippen MR) is 151 cm³/mol. The summed E-state index contributed by atoms with van der Waals surface area (Å²) in [4.78, 5) is 48.9. The number of urea groups is 1. The number of rotatable bonds is 8. The third-order valence-electron chi connectivity index (χ3n) is 6.42. The van der Waals surface area contributed by atoms with Crippen LogP contribution in [0.3, 0.4) is 0 Å². The SMILES string of the molecule is COc1cc2nccc(Oc3ccc(NC(=O)C4NN(C(C)C)C(=O)N(c5ccc(F)cc5)C4=O)nc3)c2cc1OC. The molecule has 4 aromatic rings. The highest BCUT2D eigenvalue weighted by molar-refractivity contribution is 6.25. The number of benzene rings is 2. The molecule has 3 heterocycles. The molecule has 2 N–H and O–H groups in total. The number of imide groups is 1. The summed E-state index contributed by atoms with van der Waals surface area (Å²) < 4.78 is 30.2. The molecule has 2 aromatic heterocycles. The van der Waals surface area contributed by atoms with Gasteiger partial charge in [0.1, 0.15) is 23.1 Å². The zero-order chi connectivity index (χ0) is 30.0. The first-order valence-electron chi connectivity index (χ1n) is 12.8. The standard InChI is InChI=1S/C29H27FN6O6/c1-16(2)36-29(39)35(18-7-5-17(30)6-8-18)28(38)26(34-36)27(37)33-25-10-9-19(15-32-25)42-22-11-12-31-21-14-24(41-4)23(40-3)13-20(21)22/h5-16,26,34H,1-4H3,(H,32,33,37). The normalized spacial score (nSPS) is 15.2. The molecule has 0 radical (unpaired) electrons. The minimum atomic E-state index is -1.46. The second-order valence-electron chi connectivity index (χ2n) is 9.46. The number of pyridine rings is 2. The molecule has 42 heavy (non-hydrogen) atoms. The lowest BCUT2D eigenvalue weighted by molar-refractivity contribution is -0.131. The molecule has 0 aliphatic carbocycles. The second-order valence-corrected chi connectivity index (χ2v) is 9.46. The lowest BCUT2D eigenvalue weighted by Gasteiger charge is -2.40. The van der Waals surface area contributed by atoms with Gasteiger partial charge < -0.3 is 19.5 Å². The van der Waals surface area contributed by atoms with Crippen LogP contribution in [0.5, 0.6) is 23.0 Å². The van der Waals surface area contributed by atoms with Gasteiger partial charge in [-0.2, -0.15) is 0 Å². The van der Waals surface area contributed by atoms with Crippen LogP contribution >= 0.6 is 0 Å². The maximum Gasteiger partial charge on any atom is 0.346 e. The van der Waals surface area contributed by atoms with Gasteiger partial charge in [0.15, 0.2) is 17.5 Å². The Bertz CT molecular complexity index is 1650. The van der Waals surface area contributed by atoms with Crippen molar-refractivity contribution in [3.8, 4) is 23.0 Å². The Kier molecular flexibility index (Phi) is 7.84. The fourth-order valence-electron chi connectivity index (χ4n) is 4.33. The highest BCUT2D eigenvalue weighted by Gasteiger charge is 2.44. The molecule has 4 amide bonds. The summed E-state index contributed by atoms with van der Waals surface area (Å²) in [5.41, 5.74) is 3.46. The number of carbonyl (C=O) groups excluding carboxylic acids is 3. The number of halogens is 1. The van der Waals surface area contributed by atoms with Gasteiger partial charge in [-0.15, -0.1) is 0 Å². The van der Waals surface area contributed by atoms with Gasteiger partial charge in [-0.25, -0.2) is 24.5 Å². The minimum Gasteiger partial charge on any atom is -0.493 e. The van der Waals surface area contributed by atoms with Crippen molar-refractivity contribution in [2.24, 2.45) is 0 Å². The number of hydrogen-bond donors (Lipinski definition) is 2. The van der Waals surface area contributed by atoms with Crippen LogP contribution < -0.4 is 29.9 Å². The Hall–Kier alpha value is -5.30. The summed E-state index contributed by atoms with van der Waals surface area (Å²) in [5, 5.41) is 4.45. The monoisotopic (exact) mass is 574 g/mol. The zero-order valence-electron chi connectivity index (χ0n) is 23.1. The van der Waals surface area contributed by atoms with E-state index >= 15 is 0 Å². The Morgan fingerprint density at radius 2 is 1.69 bits per heavy atom. The van der Waals surface area contributed by atoms with Gasteiger partial charge in [0.25, 0.3) is 11.8 Å². The fraction of sp³-hybridized carbons (Fsp3) is 0.207. The lowest BCUT2D eigenvalue weighted by atomic mass is 10.1. The Morgan fingerprint density at radius 1 is 0.976 bits per heavy atom. The molecule has 12 nitrogen and oxygen atoms in total. The number of aromatic nitrogens is 2. The van der Waals surface area contributed by atoms with E-state index in [1.807, 2.05) is 0 Å². The van der Waals surface area contributed by atoms with E-state index in [0.29, 0.717) is 33.9 Å². The largest absolute Gasteiger partial charge is 0.493 e. The summed E-state index contributed by atoms with van der Waals surface area (Å²) >= 11 is 0. The van der Waals surface area contributed by atoms with Crippen molar-refractivity contribution >= 4 is 40.3 Å². The quantitative estimate of drug-likeness (QED) is 0.296. The van der Waals surface area contributed by atoms with Crippen LogP contribution in [-0.2, 0) is 9.59 Å². The molecule has 13 heteroatoms. The summed E-state index contributed by atoms with van der Waals surface area (Å²) in [5.74, 6) is -0.0273. The molecule has 1 unspecified atom stereocenters. The first kappa shape index (κ1) is 28.2. The molecule has 1 aliphatic rings. The number of hydrogen-bond acceptors (Lipinski definition) is 9. The average molecular weight is 575 g/mol. The molecule has 0 spiro atoms. The van der Waals surface area contributed by atoms with Gasteiger partial charge in [-0.3, -0.25) is 19.6 Å². The molecule has 2 aromatic carbocycles. The first-order valence-corrected chi connectivity index (χ1v) is 12.8. The summed E-state index contributed by atoms with van der Waals surface area (Å²) in [7, 11) is 3.07. The van der Waals surface area contributed by atoms with Gasteiger partial charge in [0, 0.05) is 23.7 Å². The van der Waals surface area contributed by atoms with E-state index in [2.05, 4.69) is 20.7 Å². The molecule has 1 saturated heterocycles. The zero-order valence-corrected chi connectivity index (χ0v) is 23.1. The van der Waals surface area contributed by atoms with Crippen molar-refractivity contribution in [1.29, 1.82) is 0 Å². The van der Waals surface area contributed by atoms with Gasteiger partial charge in [-0.1, -0.05) is 0 Å². The summed E-state index contributed by atoms with van der Waals surface area (Å²) in [6.45, 7) is 3.44. The molecule has 1 fully saturated rings. The van der Waals surface area contributed by atoms with E-state index in [1.165, 1.54) is 43.6 Å². The third kappa shape index (κ3) is 5.49. The number of anilines is 2. The lowest BCUT2D eigenvalue weighted by Crippen LogP contribution is -2.70. The van der Waals surface area contributed by atoms with Crippen molar-refractivity contribution in [2.75, 3.05) is 24.4 Å². The average Bonchev–Trinajstić information content (AvgIpc) is 2.98. The topological polar surface area (TPSA) is 135 Å². The van der Waals surface area contributed by atoms with Crippen molar-refractivity contribution < 1.29 is 33.0 Å². The van der Waals surface area contributed by atoms with Crippen LogP contribution in [-0.4, -0.2) is 59.1 Å². The number of ether oxygens (including phenoxy) is 3. The van der Waals surface area contributed by atoms with Crippen LogP contribution in [0.2, 0.25) is 0 Å². The van der Waals surface area contributed by atoms with Crippen LogP contribution in [0.1, 0.15) is 13.8 Å². The van der Waals surface area contributed by atoms with Gasteiger partial charge in [0.2, 0.25) is 0 Å². The van der Waals surface area contributed by atoms with E-state index in [9.17, 15) is 18.8 Å². The number of fused-ring (bicyclic) bond motifs is 1. The maximum absolute atomic E-state index is 13.5. The molecule has 0 saturated carbocycles. The van der Waals surface area contributed by atoms with E-state index in [4.69, 9.17) is 14.2 Å². The van der Waals surface area contributed by atoms with Gasteiger partial charge in [0.05, 0.1) is 31.6 Å².